The highest BCUT2D eigenvalue weighted by Gasteiger charge is 2.42. The standard InChI is InChI=1S/C14H19N3O3S/c1-19-11-3-2-10(8-16-11)9-17-13(18)14(12(15)21)4-6-20-7-5-14/h2-3,8H,4-7,9H2,1H3,(H2,15,21)(H,17,18). The van der Waals surface area contributed by atoms with Crippen LogP contribution in [-0.4, -0.2) is 36.2 Å². The Morgan fingerprint density at radius 1 is 1.52 bits per heavy atom. The van der Waals surface area contributed by atoms with Gasteiger partial charge in [0, 0.05) is 32.0 Å². The van der Waals surface area contributed by atoms with E-state index in [-0.39, 0.29) is 10.9 Å². The van der Waals surface area contributed by atoms with Crippen molar-refractivity contribution in [2.45, 2.75) is 19.4 Å². The second-order valence-electron chi connectivity index (χ2n) is 4.95. The topological polar surface area (TPSA) is 86.5 Å². The van der Waals surface area contributed by atoms with Crippen LogP contribution in [0.25, 0.3) is 0 Å². The second-order valence-corrected chi connectivity index (χ2v) is 5.39. The van der Waals surface area contributed by atoms with Crippen LogP contribution in [0.3, 0.4) is 0 Å². The van der Waals surface area contributed by atoms with E-state index in [0.717, 1.165) is 5.56 Å². The number of aromatic nitrogens is 1. The molecule has 0 atom stereocenters. The van der Waals surface area contributed by atoms with Crippen molar-refractivity contribution >= 4 is 23.1 Å². The number of nitrogens with zero attached hydrogens (tertiary/aromatic N) is 1. The summed E-state index contributed by atoms with van der Waals surface area (Å²) in [5, 5.41) is 2.89. The molecule has 3 N–H and O–H groups in total. The summed E-state index contributed by atoms with van der Waals surface area (Å²) >= 11 is 5.10. The predicted molar refractivity (Wildman–Crippen MR) is 81.9 cm³/mol. The highest BCUT2D eigenvalue weighted by atomic mass is 32.1. The van der Waals surface area contributed by atoms with Gasteiger partial charge in [-0.2, -0.15) is 0 Å². The van der Waals surface area contributed by atoms with Crippen molar-refractivity contribution in [3.63, 3.8) is 0 Å². The van der Waals surface area contributed by atoms with Crippen LogP contribution < -0.4 is 15.8 Å². The Morgan fingerprint density at radius 2 is 2.24 bits per heavy atom. The molecule has 1 aliphatic rings. The third-order valence-electron chi connectivity index (χ3n) is 3.71. The normalized spacial score (nSPS) is 17.0. The van der Waals surface area contributed by atoms with E-state index in [9.17, 15) is 4.79 Å². The van der Waals surface area contributed by atoms with E-state index in [2.05, 4.69) is 10.3 Å². The number of nitrogens with two attached hydrogens (primary N) is 1. The maximum Gasteiger partial charge on any atom is 0.233 e. The van der Waals surface area contributed by atoms with Crippen molar-refractivity contribution < 1.29 is 14.3 Å². The van der Waals surface area contributed by atoms with Crippen molar-refractivity contribution in [1.82, 2.24) is 10.3 Å². The molecule has 1 amide bonds. The molecule has 0 bridgehead atoms. The third kappa shape index (κ3) is 3.48. The lowest BCUT2D eigenvalue weighted by molar-refractivity contribution is -0.131. The number of nitrogens with one attached hydrogen (secondary N) is 1. The zero-order chi connectivity index (χ0) is 15.3. The smallest absolute Gasteiger partial charge is 0.233 e. The van der Waals surface area contributed by atoms with Gasteiger partial charge in [-0.25, -0.2) is 4.98 Å². The summed E-state index contributed by atoms with van der Waals surface area (Å²) in [6.07, 6.45) is 2.71. The Hall–Kier alpha value is -1.73. The maximum absolute atomic E-state index is 12.5. The minimum absolute atomic E-state index is 0.144. The van der Waals surface area contributed by atoms with Gasteiger partial charge in [0.25, 0.3) is 0 Å². The Bertz CT molecular complexity index is 513. The van der Waals surface area contributed by atoms with E-state index in [4.69, 9.17) is 27.4 Å². The first-order chi connectivity index (χ1) is 10.1. The Labute approximate surface area is 129 Å². The number of hydrogen-bond donors (Lipinski definition) is 2. The van der Waals surface area contributed by atoms with Gasteiger partial charge in [0.1, 0.15) is 5.41 Å². The first kappa shape index (κ1) is 15.7. The molecule has 0 spiro atoms. The van der Waals surface area contributed by atoms with Crippen molar-refractivity contribution in [3.8, 4) is 5.88 Å². The molecule has 0 aromatic carbocycles. The lowest BCUT2D eigenvalue weighted by atomic mass is 9.79. The third-order valence-corrected chi connectivity index (χ3v) is 4.10. The number of rotatable bonds is 5. The van der Waals surface area contributed by atoms with Crippen molar-refractivity contribution in [2.75, 3.05) is 20.3 Å². The van der Waals surface area contributed by atoms with Gasteiger partial charge >= 0.3 is 0 Å². The molecule has 0 radical (unpaired) electrons. The van der Waals surface area contributed by atoms with Gasteiger partial charge in [-0.3, -0.25) is 4.79 Å². The highest BCUT2D eigenvalue weighted by Crippen LogP contribution is 2.31. The highest BCUT2D eigenvalue weighted by molar-refractivity contribution is 7.80. The van der Waals surface area contributed by atoms with Gasteiger partial charge in [0.15, 0.2) is 0 Å². The summed E-state index contributed by atoms with van der Waals surface area (Å²) in [6, 6.07) is 3.60. The molecule has 1 fully saturated rings. The van der Waals surface area contributed by atoms with Gasteiger partial charge in [-0.15, -0.1) is 0 Å². The molecule has 1 aromatic rings. The van der Waals surface area contributed by atoms with Crippen LogP contribution in [0, 0.1) is 5.41 Å². The average Bonchev–Trinajstić information content (AvgIpc) is 2.53. The quantitative estimate of drug-likeness (QED) is 0.782. The molecular weight excluding hydrogens is 290 g/mol. The summed E-state index contributed by atoms with van der Waals surface area (Å²) in [6.45, 7) is 1.37. The molecule has 7 heteroatoms. The molecule has 2 heterocycles. The van der Waals surface area contributed by atoms with Crippen LogP contribution in [0.2, 0.25) is 0 Å². The largest absolute Gasteiger partial charge is 0.481 e. The molecule has 21 heavy (non-hydrogen) atoms. The SMILES string of the molecule is COc1ccc(CNC(=O)C2(C(N)=S)CCOCC2)cn1. The molecule has 0 aliphatic carbocycles. The molecule has 114 valence electrons. The van der Waals surface area contributed by atoms with Crippen LogP contribution in [0.1, 0.15) is 18.4 Å². The van der Waals surface area contributed by atoms with Gasteiger partial charge in [-0.1, -0.05) is 18.3 Å². The minimum Gasteiger partial charge on any atom is -0.481 e. The fourth-order valence-corrected chi connectivity index (χ4v) is 2.59. The molecular formula is C14H19N3O3S. The van der Waals surface area contributed by atoms with Crippen molar-refractivity contribution in [2.24, 2.45) is 11.1 Å². The predicted octanol–water partition coefficient (Wildman–Crippen LogP) is 0.789. The lowest BCUT2D eigenvalue weighted by Gasteiger charge is -2.34. The summed E-state index contributed by atoms with van der Waals surface area (Å²) in [7, 11) is 1.56. The summed E-state index contributed by atoms with van der Waals surface area (Å²) in [5.41, 5.74) is 5.88. The van der Waals surface area contributed by atoms with Crippen LogP contribution in [0.4, 0.5) is 0 Å². The van der Waals surface area contributed by atoms with Crippen LogP contribution in [0.5, 0.6) is 5.88 Å². The number of ether oxygens (including phenoxy) is 2. The molecule has 0 unspecified atom stereocenters. The number of methoxy groups -OCH3 is 1. The molecule has 0 saturated carbocycles. The number of hydrogen-bond acceptors (Lipinski definition) is 5. The van der Waals surface area contributed by atoms with E-state index >= 15 is 0 Å². The van der Waals surface area contributed by atoms with E-state index in [1.54, 1.807) is 19.4 Å². The van der Waals surface area contributed by atoms with E-state index in [1.165, 1.54) is 0 Å². The molecule has 1 aromatic heterocycles. The van der Waals surface area contributed by atoms with Crippen LogP contribution >= 0.6 is 12.2 Å². The molecule has 1 saturated heterocycles. The molecule has 2 rings (SSSR count). The number of carbonyl (C=O) groups is 1. The fourth-order valence-electron chi connectivity index (χ4n) is 2.29. The lowest BCUT2D eigenvalue weighted by Crippen LogP contribution is -2.51. The number of amides is 1. The van der Waals surface area contributed by atoms with Crippen LogP contribution in [0.15, 0.2) is 18.3 Å². The maximum atomic E-state index is 12.5. The minimum atomic E-state index is -0.798. The fraction of sp³-hybridized carbons (Fsp3) is 0.500. The molecule has 6 nitrogen and oxygen atoms in total. The van der Waals surface area contributed by atoms with Crippen LogP contribution in [-0.2, 0) is 16.1 Å². The van der Waals surface area contributed by atoms with E-state index < -0.39 is 5.41 Å². The van der Waals surface area contributed by atoms with Gasteiger partial charge < -0.3 is 20.5 Å². The summed E-state index contributed by atoms with van der Waals surface area (Å²) < 4.78 is 10.3. The Balaban J connectivity index is 2.00. The number of thiocarbonyl (C=S) groups is 1. The Kier molecular flexibility index (Phi) is 5.08. The Morgan fingerprint density at radius 3 is 2.76 bits per heavy atom. The number of pyridine rings is 1. The monoisotopic (exact) mass is 309 g/mol. The van der Waals surface area contributed by atoms with E-state index in [1.807, 2.05) is 6.07 Å². The van der Waals surface area contributed by atoms with Gasteiger partial charge in [-0.05, 0) is 18.4 Å². The first-order valence-corrected chi connectivity index (χ1v) is 7.14. The van der Waals surface area contributed by atoms with Crippen molar-refractivity contribution in [3.05, 3.63) is 23.9 Å². The van der Waals surface area contributed by atoms with Crippen molar-refractivity contribution in [1.29, 1.82) is 0 Å². The average molecular weight is 309 g/mol. The zero-order valence-corrected chi connectivity index (χ0v) is 12.7. The summed E-state index contributed by atoms with van der Waals surface area (Å²) in [4.78, 5) is 16.8. The summed E-state index contributed by atoms with van der Waals surface area (Å²) in [5.74, 6) is 0.392. The molecule has 1 aliphatic heterocycles. The zero-order valence-electron chi connectivity index (χ0n) is 11.9. The van der Waals surface area contributed by atoms with E-state index in [0.29, 0.717) is 38.5 Å². The first-order valence-electron chi connectivity index (χ1n) is 6.73. The van der Waals surface area contributed by atoms with Gasteiger partial charge in [0.2, 0.25) is 11.8 Å². The van der Waals surface area contributed by atoms with Gasteiger partial charge in [0.05, 0.1) is 12.1 Å². The number of carbonyl (C=O) groups excluding carboxylic acids is 1. The second kappa shape index (κ2) is 6.82.